The second-order valence-electron chi connectivity index (χ2n) is 5.07. The summed E-state index contributed by atoms with van der Waals surface area (Å²) in [5.74, 6) is -3.66. The normalized spacial score (nSPS) is 11.1. The zero-order valence-corrected chi connectivity index (χ0v) is 18.1. The maximum absolute atomic E-state index is 12.5. The molecule has 2 rings (SSSR count). The van der Waals surface area contributed by atoms with Crippen LogP contribution in [0.4, 0.5) is 0 Å². The zero-order chi connectivity index (χ0) is 15.6. The Bertz CT molecular complexity index is 621. The third-order valence-electron chi connectivity index (χ3n) is 3.22. The van der Waals surface area contributed by atoms with E-state index in [9.17, 15) is 9.46 Å². The summed E-state index contributed by atoms with van der Waals surface area (Å²) in [6.07, 6.45) is 0. The van der Waals surface area contributed by atoms with Crippen LogP contribution in [0.3, 0.4) is 0 Å². The van der Waals surface area contributed by atoms with Crippen LogP contribution >= 0.6 is 28.5 Å². The molecule has 0 fully saturated rings. The summed E-state index contributed by atoms with van der Waals surface area (Å²) in [7, 11) is 0. The third kappa shape index (κ3) is 5.17. The number of hydrogen-bond donors (Lipinski definition) is 0. The molecule has 112 valence electrons. The average molecular weight is 360 g/mol. The van der Waals surface area contributed by atoms with Crippen LogP contribution in [0.5, 0.6) is 0 Å². The molecule has 2 aromatic carbocycles. The van der Waals surface area contributed by atoms with Gasteiger partial charge in [-0.25, -0.2) is 0 Å². The summed E-state index contributed by atoms with van der Waals surface area (Å²) in [4.78, 5) is 14.2. The van der Waals surface area contributed by atoms with Gasteiger partial charge in [0.05, 0.1) is 0 Å². The van der Waals surface area contributed by atoms with E-state index >= 15 is 0 Å². The van der Waals surface area contributed by atoms with E-state index in [0.717, 1.165) is 54.8 Å². The van der Waals surface area contributed by atoms with Gasteiger partial charge in [0.2, 0.25) is 0 Å². The standard InChI is InChI=1S/C16H19O2PS2.Na/c1-11-7-5-8-12(2)15(11)20-19(17,18)21-16-13(3)9-6-10-14(16)4;/h5-10H,1-4H3,(H,17,18);/q;+1/p-1. The fourth-order valence-electron chi connectivity index (χ4n) is 2.13. The van der Waals surface area contributed by atoms with Crippen molar-refractivity contribution in [3.05, 3.63) is 58.7 Å². The Kier molecular flexibility index (Phi) is 7.81. The topological polar surface area (TPSA) is 40.1 Å². The van der Waals surface area contributed by atoms with Crippen molar-refractivity contribution in [2.45, 2.75) is 37.5 Å². The molecular weight excluding hydrogens is 342 g/mol. The summed E-state index contributed by atoms with van der Waals surface area (Å²) < 4.78 is 12.5. The van der Waals surface area contributed by atoms with Crippen LogP contribution in [0.15, 0.2) is 46.2 Å². The zero-order valence-electron chi connectivity index (χ0n) is 13.5. The molecule has 0 atom stereocenters. The second kappa shape index (κ2) is 8.43. The first-order valence-electron chi connectivity index (χ1n) is 6.63. The largest absolute Gasteiger partial charge is 1.00 e. The summed E-state index contributed by atoms with van der Waals surface area (Å²) >= 11 is 1.95. The molecule has 0 radical (unpaired) electrons. The monoisotopic (exact) mass is 360 g/mol. The Balaban J connectivity index is 0.00000242. The van der Waals surface area contributed by atoms with E-state index < -0.39 is 5.77 Å². The SMILES string of the molecule is Cc1cccc(C)c1SP(=O)([O-])Sc1c(C)cccc1C.[Na+]. The van der Waals surface area contributed by atoms with Gasteiger partial charge in [-0.1, -0.05) is 59.2 Å². The van der Waals surface area contributed by atoms with E-state index in [-0.39, 0.29) is 29.6 Å². The van der Waals surface area contributed by atoms with Crippen molar-refractivity contribution in [1.82, 2.24) is 0 Å². The van der Waals surface area contributed by atoms with Gasteiger partial charge in [0.1, 0.15) is 5.77 Å². The van der Waals surface area contributed by atoms with Gasteiger partial charge in [-0.3, -0.25) is 0 Å². The van der Waals surface area contributed by atoms with Crippen LogP contribution in [0.25, 0.3) is 0 Å². The van der Waals surface area contributed by atoms with Crippen LogP contribution in [0, 0.1) is 27.7 Å². The molecule has 0 saturated carbocycles. The minimum absolute atomic E-state index is 0. The van der Waals surface area contributed by atoms with Crippen molar-refractivity contribution in [3.63, 3.8) is 0 Å². The molecule has 0 aliphatic carbocycles. The first-order chi connectivity index (χ1) is 9.80. The Morgan fingerprint density at radius 3 is 1.32 bits per heavy atom. The molecule has 0 aromatic heterocycles. The van der Waals surface area contributed by atoms with Gasteiger partial charge in [0.25, 0.3) is 0 Å². The van der Waals surface area contributed by atoms with Crippen LogP contribution in [0.2, 0.25) is 0 Å². The van der Waals surface area contributed by atoms with Gasteiger partial charge in [0, 0.05) is 9.79 Å². The van der Waals surface area contributed by atoms with E-state index in [1.165, 1.54) is 0 Å². The molecule has 0 aliphatic rings. The van der Waals surface area contributed by atoms with Crippen molar-refractivity contribution in [2.24, 2.45) is 0 Å². The maximum atomic E-state index is 12.5. The molecule has 0 unspecified atom stereocenters. The molecule has 0 amide bonds. The number of rotatable bonds is 4. The minimum Gasteiger partial charge on any atom is -0.783 e. The van der Waals surface area contributed by atoms with Crippen molar-refractivity contribution >= 4 is 28.5 Å². The molecule has 0 bridgehead atoms. The molecule has 22 heavy (non-hydrogen) atoms. The van der Waals surface area contributed by atoms with Gasteiger partial charge < -0.3 is 9.46 Å². The van der Waals surface area contributed by atoms with E-state index in [0.29, 0.717) is 0 Å². The summed E-state index contributed by atoms with van der Waals surface area (Å²) in [5, 5.41) is 0. The van der Waals surface area contributed by atoms with Crippen molar-refractivity contribution in [1.29, 1.82) is 0 Å². The van der Waals surface area contributed by atoms with E-state index in [1.54, 1.807) is 0 Å². The first-order valence-corrected chi connectivity index (χ1v) is 11.1. The van der Waals surface area contributed by atoms with Crippen molar-refractivity contribution < 1.29 is 39.0 Å². The van der Waals surface area contributed by atoms with E-state index in [2.05, 4.69) is 0 Å². The van der Waals surface area contributed by atoms with Crippen LogP contribution in [0.1, 0.15) is 22.3 Å². The fourth-order valence-corrected chi connectivity index (χ4v) is 8.32. The average Bonchev–Trinajstić information content (AvgIpc) is 2.39. The van der Waals surface area contributed by atoms with Crippen molar-refractivity contribution in [3.8, 4) is 0 Å². The quantitative estimate of drug-likeness (QED) is 0.620. The smallest absolute Gasteiger partial charge is 0.783 e. The van der Waals surface area contributed by atoms with Crippen LogP contribution < -0.4 is 34.5 Å². The number of benzene rings is 2. The molecule has 0 saturated heterocycles. The van der Waals surface area contributed by atoms with Gasteiger partial charge in [-0.15, -0.1) is 0 Å². The molecular formula is C16H18NaO2PS2. The Hall–Kier alpha value is 0.330. The Morgan fingerprint density at radius 2 is 1.05 bits per heavy atom. The first kappa shape index (κ1) is 20.4. The molecule has 0 N–H and O–H groups in total. The van der Waals surface area contributed by atoms with Gasteiger partial charge >= 0.3 is 29.6 Å². The summed E-state index contributed by atoms with van der Waals surface area (Å²) in [6.45, 7) is 7.77. The van der Waals surface area contributed by atoms with Crippen LogP contribution in [-0.4, -0.2) is 0 Å². The molecule has 2 aromatic rings. The van der Waals surface area contributed by atoms with Crippen molar-refractivity contribution in [2.75, 3.05) is 0 Å². The molecule has 6 heteroatoms. The maximum Gasteiger partial charge on any atom is 1.00 e. The summed E-state index contributed by atoms with van der Waals surface area (Å²) in [5.41, 5.74) is 3.99. The van der Waals surface area contributed by atoms with Crippen LogP contribution in [-0.2, 0) is 4.57 Å². The predicted molar refractivity (Wildman–Crippen MR) is 91.2 cm³/mol. The number of aryl methyl sites for hydroxylation is 4. The molecule has 0 spiro atoms. The third-order valence-corrected chi connectivity index (χ3v) is 9.10. The Morgan fingerprint density at radius 1 is 0.773 bits per heavy atom. The van der Waals surface area contributed by atoms with Gasteiger partial charge in [-0.05, 0) is 49.9 Å². The minimum atomic E-state index is -3.66. The molecule has 0 aliphatic heterocycles. The van der Waals surface area contributed by atoms with Gasteiger partial charge in [-0.2, -0.15) is 0 Å². The molecule has 0 heterocycles. The van der Waals surface area contributed by atoms with Gasteiger partial charge in [0.15, 0.2) is 0 Å². The Labute approximate surface area is 162 Å². The predicted octanol–water partition coefficient (Wildman–Crippen LogP) is 2.28. The number of hydrogen-bond acceptors (Lipinski definition) is 4. The second-order valence-corrected chi connectivity index (χ2v) is 11.8. The molecule has 2 nitrogen and oxygen atoms in total. The van der Waals surface area contributed by atoms with E-state index in [1.807, 2.05) is 64.1 Å². The summed E-state index contributed by atoms with van der Waals surface area (Å²) in [6, 6.07) is 11.7. The van der Waals surface area contributed by atoms with E-state index in [4.69, 9.17) is 0 Å². The fraction of sp³-hybridized carbons (Fsp3) is 0.250.